The van der Waals surface area contributed by atoms with Gasteiger partial charge in [0.05, 0.1) is 10.5 Å². The second-order valence-corrected chi connectivity index (χ2v) is 5.80. The van der Waals surface area contributed by atoms with Crippen LogP contribution in [0.4, 0.5) is 5.69 Å². The van der Waals surface area contributed by atoms with Gasteiger partial charge in [0.15, 0.2) is 0 Å². The van der Waals surface area contributed by atoms with Crippen molar-refractivity contribution in [2.75, 3.05) is 0 Å². The number of amides is 1. The molecule has 1 amide bonds. The van der Waals surface area contributed by atoms with Crippen LogP contribution in [0, 0.1) is 10.1 Å². The van der Waals surface area contributed by atoms with Crippen LogP contribution < -0.4 is 5.48 Å². The molecule has 27 heavy (non-hydrogen) atoms. The smallest absolute Gasteiger partial charge is 0.275 e. The summed E-state index contributed by atoms with van der Waals surface area (Å²) < 4.78 is 5.70. The molecule has 1 N–H and O–H groups in total. The average Bonchev–Trinajstić information content (AvgIpc) is 3.06. The molecule has 0 saturated heterocycles. The van der Waals surface area contributed by atoms with E-state index >= 15 is 0 Å². The third-order valence-electron chi connectivity index (χ3n) is 4.06. The molecule has 0 aliphatic rings. The highest BCUT2D eigenvalue weighted by molar-refractivity contribution is 6.16. The summed E-state index contributed by atoms with van der Waals surface area (Å²) in [5.74, 6) is -0.473. The fourth-order valence-corrected chi connectivity index (χ4v) is 2.84. The van der Waals surface area contributed by atoms with Crippen LogP contribution in [0.5, 0.6) is 0 Å². The predicted molar refractivity (Wildman–Crippen MR) is 96.9 cm³/mol. The molecule has 4 aromatic rings. The summed E-state index contributed by atoms with van der Waals surface area (Å²) in [5.41, 5.74) is 4.35. The van der Waals surface area contributed by atoms with Crippen molar-refractivity contribution >= 4 is 33.5 Å². The molecule has 0 radical (unpaired) electrons. The first-order valence-electron chi connectivity index (χ1n) is 8.04. The van der Waals surface area contributed by atoms with Gasteiger partial charge in [0.2, 0.25) is 0 Å². The van der Waals surface area contributed by atoms with Crippen molar-refractivity contribution in [3.8, 4) is 0 Å². The number of carbonyl (C=O) groups excluding carboxylic acids is 1. The third-order valence-corrected chi connectivity index (χ3v) is 4.06. The zero-order chi connectivity index (χ0) is 18.8. The third kappa shape index (κ3) is 3.21. The topological polar surface area (TPSA) is 108 Å². The van der Waals surface area contributed by atoms with Gasteiger partial charge >= 0.3 is 0 Å². The molecule has 0 fully saturated rings. The summed E-state index contributed by atoms with van der Waals surface area (Å²) in [4.78, 5) is 32.4. The van der Waals surface area contributed by atoms with Gasteiger partial charge in [-0.25, -0.2) is 5.48 Å². The number of furan rings is 1. The number of pyridine rings is 1. The first-order valence-corrected chi connectivity index (χ1v) is 8.04. The molecule has 134 valence electrons. The maximum Gasteiger partial charge on any atom is 0.275 e. The summed E-state index contributed by atoms with van der Waals surface area (Å²) in [6, 6.07) is 12.9. The maximum absolute atomic E-state index is 12.6. The highest BCUT2D eigenvalue weighted by Crippen LogP contribution is 2.33. The van der Waals surface area contributed by atoms with E-state index in [0.717, 1.165) is 5.56 Å². The largest absolute Gasteiger partial charge is 0.456 e. The van der Waals surface area contributed by atoms with E-state index in [4.69, 9.17) is 9.25 Å². The molecule has 2 heterocycles. The maximum atomic E-state index is 12.6. The second kappa shape index (κ2) is 6.85. The molecule has 2 aromatic carbocycles. The van der Waals surface area contributed by atoms with Crippen LogP contribution in [0.15, 0.2) is 65.3 Å². The van der Waals surface area contributed by atoms with E-state index in [1.165, 1.54) is 18.2 Å². The Kier molecular flexibility index (Phi) is 4.23. The quantitative estimate of drug-likeness (QED) is 0.427. The zero-order valence-electron chi connectivity index (χ0n) is 13.9. The number of hydrogen-bond acceptors (Lipinski definition) is 6. The summed E-state index contributed by atoms with van der Waals surface area (Å²) in [6.07, 6.45) is 3.28. The lowest BCUT2D eigenvalue weighted by molar-refractivity contribution is -0.384. The molecule has 0 aliphatic heterocycles. The molecular weight excluding hydrogens is 350 g/mol. The monoisotopic (exact) mass is 363 g/mol. The van der Waals surface area contributed by atoms with Gasteiger partial charge in [0.1, 0.15) is 17.8 Å². The Bertz CT molecular complexity index is 1150. The van der Waals surface area contributed by atoms with Crippen molar-refractivity contribution in [3.05, 3.63) is 82.2 Å². The van der Waals surface area contributed by atoms with Crippen molar-refractivity contribution in [2.45, 2.75) is 6.61 Å². The van der Waals surface area contributed by atoms with Gasteiger partial charge in [-0.2, -0.15) is 0 Å². The number of fused-ring (bicyclic) bond motifs is 3. The van der Waals surface area contributed by atoms with Crippen molar-refractivity contribution < 1.29 is 19.0 Å². The molecule has 0 atom stereocenters. The predicted octanol–water partition coefficient (Wildman–Crippen LogP) is 3.75. The number of aromatic nitrogens is 1. The number of nitro benzene ring substituents is 1. The Labute approximate surface area is 152 Å². The van der Waals surface area contributed by atoms with Crippen LogP contribution in [0.25, 0.3) is 21.9 Å². The molecule has 4 rings (SSSR count). The van der Waals surface area contributed by atoms with E-state index in [-0.39, 0.29) is 12.3 Å². The minimum atomic E-state index is -0.488. The van der Waals surface area contributed by atoms with Gasteiger partial charge in [-0.15, -0.1) is 0 Å². The highest BCUT2D eigenvalue weighted by Gasteiger charge is 2.18. The number of nitro groups is 1. The molecule has 0 saturated carbocycles. The lowest BCUT2D eigenvalue weighted by Crippen LogP contribution is -2.23. The number of non-ortho nitro benzene ring substituents is 1. The Morgan fingerprint density at radius 2 is 2.07 bits per heavy atom. The number of nitrogens with one attached hydrogen (secondary N) is 1. The molecule has 0 unspecified atom stereocenters. The van der Waals surface area contributed by atoms with Crippen molar-refractivity contribution in [3.63, 3.8) is 0 Å². The van der Waals surface area contributed by atoms with Gasteiger partial charge in [0, 0.05) is 35.3 Å². The lowest BCUT2D eigenvalue weighted by atomic mass is 10.1. The Morgan fingerprint density at radius 3 is 2.85 bits per heavy atom. The minimum absolute atomic E-state index is 0.0757. The molecule has 8 heteroatoms. The number of hydrogen-bond donors (Lipinski definition) is 1. The van der Waals surface area contributed by atoms with E-state index in [0.29, 0.717) is 27.5 Å². The van der Waals surface area contributed by atoms with Crippen LogP contribution in [0.1, 0.15) is 15.9 Å². The summed E-state index contributed by atoms with van der Waals surface area (Å²) in [6.45, 7) is 0.160. The van der Waals surface area contributed by atoms with Gasteiger partial charge in [-0.3, -0.25) is 24.7 Å². The SMILES string of the molecule is O=C(NOCc1cccnc1)c1cccc2oc3ccc([N+](=O)[O-])cc3c12. The fraction of sp³-hybridized carbons (Fsp3) is 0.0526. The second-order valence-electron chi connectivity index (χ2n) is 5.80. The first-order chi connectivity index (χ1) is 13.1. The van der Waals surface area contributed by atoms with Crippen LogP contribution in [0.2, 0.25) is 0 Å². The number of rotatable bonds is 5. The Hall–Kier alpha value is -3.78. The van der Waals surface area contributed by atoms with Crippen LogP contribution in [-0.2, 0) is 11.4 Å². The number of hydroxylamine groups is 1. The van der Waals surface area contributed by atoms with Crippen LogP contribution in [-0.4, -0.2) is 15.8 Å². The Balaban J connectivity index is 1.66. The molecule has 2 aromatic heterocycles. The molecule has 0 aliphatic carbocycles. The lowest BCUT2D eigenvalue weighted by Gasteiger charge is -2.06. The van der Waals surface area contributed by atoms with Crippen LogP contribution in [0.3, 0.4) is 0 Å². The van der Waals surface area contributed by atoms with Crippen molar-refractivity contribution in [1.29, 1.82) is 0 Å². The normalized spacial score (nSPS) is 11.0. The zero-order valence-corrected chi connectivity index (χ0v) is 13.9. The van der Waals surface area contributed by atoms with E-state index in [1.807, 2.05) is 6.07 Å². The highest BCUT2D eigenvalue weighted by atomic mass is 16.7. The summed E-state index contributed by atoms with van der Waals surface area (Å²) in [7, 11) is 0. The Morgan fingerprint density at radius 1 is 1.19 bits per heavy atom. The summed E-state index contributed by atoms with van der Waals surface area (Å²) >= 11 is 0. The number of nitrogens with zero attached hydrogens (tertiary/aromatic N) is 2. The van der Waals surface area contributed by atoms with E-state index in [2.05, 4.69) is 10.5 Å². The van der Waals surface area contributed by atoms with E-state index < -0.39 is 10.8 Å². The molecule has 0 spiro atoms. The molecule has 0 bridgehead atoms. The molecule has 8 nitrogen and oxygen atoms in total. The number of carbonyl (C=O) groups is 1. The van der Waals surface area contributed by atoms with E-state index in [1.54, 1.807) is 36.7 Å². The van der Waals surface area contributed by atoms with Crippen LogP contribution >= 0.6 is 0 Å². The van der Waals surface area contributed by atoms with Gasteiger partial charge in [0.25, 0.3) is 11.6 Å². The van der Waals surface area contributed by atoms with E-state index in [9.17, 15) is 14.9 Å². The van der Waals surface area contributed by atoms with Gasteiger partial charge in [-0.05, 0) is 29.8 Å². The first kappa shape index (κ1) is 16.7. The van der Waals surface area contributed by atoms with Gasteiger partial charge in [-0.1, -0.05) is 12.1 Å². The standard InChI is InChI=1S/C19H13N3O5/c23-19(21-26-11-12-3-2-8-20-10-12)14-4-1-5-17-18(14)15-9-13(22(24)25)6-7-16(15)27-17/h1-10H,11H2,(H,21,23). The molecular formula is C19H13N3O5. The van der Waals surface area contributed by atoms with Crippen molar-refractivity contribution in [2.24, 2.45) is 0 Å². The fourth-order valence-electron chi connectivity index (χ4n) is 2.84. The number of benzene rings is 2. The van der Waals surface area contributed by atoms with Gasteiger partial charge < -0.3 is 4.42 Å². The van der Waals surface area contributed by atoms with Crippen molar-refractivity contribution in [1.82, 2.24) is 10.5 Å². The minimum Gasteiger partial charge on any atom is -0.456 e. The average molecular weight is 363 g/mol. The summed E-state index contributed by atoms with van der Waals surface area (Å²) in [5, 5.41) is 12.1.